The van der Waals surface area contributed by atoms with Crippen molar-refractivity contribution in [3.63, 3.8) is 0 Å². The van der Waals surface area contributed by atoms with Gasteiger partial charge in [-0.15, -0.1) is 0 Å². The van der Waals surface area contributed by atoms with Crippen molar-refractivity contribution in [1.82, 2.24) is 9.80 Å². The lowest BCUT2D eigenvalue weighted by Crippen LogP contribution is -2.50. The summed E-state index contributed by atoms with van der Waals surface area (Å²) in [6.07, 6.45) is 2.84. The first-order valence-corrected chi connectivity index (χ1v) is 10.3. The highest BCUT2D eigenvalue weighted by molar-refractivity contribution is 6.00. The number of amides is 2. The second-order valence-corrected chi connectivity index (χ2v) is 7.88. The summed E-state index contributed by atoms with van der Waals surface area (Å²) in [4.78, 5) is 33.9. The van der Waals surface area contributed by atoms with Gasteiger partial charge in [-0.1, -0.05) is 6.92 Å². The van der Waals surface area contributed by atoms with Crippen molar-refractivity contribution in [2.45, 2.75) is 26.2 Å². The van der Waals surface area contributed by atoms with Gasteiger partial charge in [-0.25, -0.2) is 0 Å². The molecule has 0 aromatic heterocycles. The van der Waals surface area contributed by atoms with E-state index in [0.717, 1.165) is 51.5 Å². The Bertz CT molecular complexity index is 676. The van der Waals surface area contributed by atoms with Crippen molar-refractivity contribution in [2.24, 2.45) is 5.92 Å². The minimum atomic E-state index is -0.205. The van der Waals surface area contributed by atoms with Gasteiger partial charge in [0.1, 0.15) is 0 Å². The van der Waals surface area contributed by atoms with E-state index in [1.807, 2.05) is 17.0 Å². The van der Waals surface area contributed by atoms with Crippen LogP contribution in [0.2, 0.25) is 0 Å². The number of hydrogen-bond acceptors (Lipinski definition) is 4. The van der Waals surface area contributed by atoms with E-state index in [1.54, 1.807) is 4.90 Å². The van der Waals surface area contributed by atoms with E-state index in [2.05, 4.69) is 28.9 Å². The number of likely N-dealkylation sites (N-methyl/N-ethyl adjacent to an activating group) is 1. The molecule has 3 saturated heterocycles. The molecule has 1 unspecified atom stereocenters. The largest absolute Gasteiger partial charge is 0.372 e. The zero-order chi connectivity index (χ0) is 18.8. The highest BCUT2D eigenvalue weighted by Gasteiger charge is 2.37. The van der Waals surface area contributed by atoms with E-state index in [-0.39, 0.29) is 17.7 Å². The van der Waals surface area contributed by atoms with Gasteiger partial charge in [-0.2, -0.15) is 0 Å². The average Bonchev–Trinajstić information content (AvgIpc) is 3.38. The number of carbonyl (C=O) groups excluding carboxylic acids is 2. The summed E-state index contributed by atoms with van der Waals surface area (Å²) in [6.45, 7) is 9.35. The maximum absolute atomic E-state index is 12.9. The molecule has 3 aliphatic rings. The van der Waals surface area contributed by atoms with E-state index in [4.69, 9.17) is 0 Å². The second kappa shape index (κ2) is 7.89. The molecule has 6 nitrogen and oxygen atoms in total. The molecule has 1 aromatic carbocycles. The molecule has 0 radical (unpaired) electrons. The Morgan fingerprint density at radius 2 is 1.59 bits per heavy atom. The first kappa shape index (κ1) is 18.3. The van der Waals surface area contributed by atoms with Gasteiger partial charge < -0.3 is 19.6 Å². The molecule has 0 spiro atoms. The number of anilines is 2. The minimum Gasteiger partial charge on any atom is -0.372 e. The lowest BCUT2D eigenvalue weighted by atomic mass is 10.1. The summed E-state index contributed by atoms with van der Waals surface area (Å²) < 4.78 is 0. The van der Waals surface area contributed by atoms with Gasteiger partial charge in [0.25, 0.3) is 0 Å². The van der Waals surface area contributed by atoms with Gasteiger partial charge in [0.2, 0.25) is 11.8 Å². The predicted octanol–water partition coefficient (Wildman–Crippen LogP) is 1.80. The summed E-state index contributed by atoms with van der Waals surface area (Å²) in [5.74, 6) is 0.00805. The Morgan fingerprint density at radius 1 is 0.963 bits per heavy atom. The van der Waals surface area contributed by atoms with Crippen molar-refractivity contribution in [2.75, 3.05) is 62.2 Å². The number of rotatable bonds is 4. The van der Waals surface area contributed by atoms with Crippen molar-refractivity contribution in [3.8, 4) is 0 Å². The number of benzene rings is 1. The smallest absolute Gasteiger partial charge is 0.228 e. The highest BCUT2D eigenvalue weighted by Crippen LogP contribution is 2.29. The summed E-state index contributed by atoms with van der Waals surface area (Å²) in [7, 11) is 0. The van der Waals surface area contributed by atoms with E-state index < -0.39 is 0 Å². The molecule has 0 bridgehead atoms. The molecule has 0 saturated carbocycles. The van der Waals surface area contributed by atoms with Crippen molar-refractivity contribution in [3.05, 3.63) is 24.3 Å². The third-order valence-electron chi connectivity index (χ3n) is 6.24. The Labute approximate surface area is 161 Å². The van der Waals surface area contributed by atoms with Crippen LogP contribution in [0, 0.1) is 5.92 Å². The first-order chi connectivity index (χ1) is 13.2. The number of carbonyl (C=O) groups is 2. The zero-order valence-corrected chi connectivity index (χ0v) is 16.3. The third kappa shape index (κ3) is 3.81. The van der Waals surface area contributed by atoms with Crippen LogP contribution in [-0.2, 0) is 9.59 Å². The van der Waals surface area contributed by atoms with E-state index >= 15 is 0 Å². The molecule has 2 amide bonds. The van der Waals surface area contributed by atoms with Crippen molar-refractivity contribution < 1.29 is 9.59 Å². The summed E-state index contributed by atoms with van der Waals surface area (Å²) in [6, 6.07) is 8.26. The van der Waals surface area contributed by atoms with Crippen LogP contribution in [0.25, 0.3) is 0 Å². The highest BCUT2D eigenvalue weighted by atomic mass is 16.2. The minimum absolute atomic E-state index is 0.0643. The van der Waals surface area contributed by atoms with Gasteiger partial charge in [0.15, 0.2) is 0 Å². The maximum atomic E-state index is 12.9. The maximum Gasteiger partial charge on any atom is 0.228 e. The topological polar surface area (TPSA) is 47.1 Å². The van der Waals surface area contributed by atoms with Crippen LogP contribution in [0.3, 0.4) is 0 Å². The number of hydrogen-bond donors (Lipinski definition) is 0. The fourth-order valence-corrected chi connectivity index (χ4v) is 4.48. The Kier molecular flexibility index (Phi) is 5.34. The third-order valence-corrected chi connectivity index (χ3v) is 6.24. The van der Waals surface area contributed by atoms with E-state index in [0.29, 0.717) is 13.0 Å². The van der Waals surface area contributed by atoms with Crippen molar-refractivity contribution >= 4 is 23.2 Å². The van der Waals surface area contributed by atoms with Gasteiger partial charge in [-0.3, -0.25) is 9.59 Å². The molecule has 6 heteroatoms. The predicted molar refractivity (Wildman–Crippen MR) is 107 cm³/mol. The molecule has 3 aliphatic heterocycles. The fourth-order valence-electron chi connectivity index (χ4n) is 4.48. The summed E-state index contributed by atoms with van der Waals surface area (Å²) >= 11 is 0. The van der Waals surface area contributed by atoms with Crippen LogP contribution in [-0.4, -0.2) is 74.0 Å². The average molecular weight is 370 g/mol. The molecule has 4 rings (SSSR count). The van der Waals surface area contributed by atoms with Gasteiger partial charge >= 0.3 is 0 Å². The lowest BCUT2D eigenvalue weighted by molar-refractivity contribution is -0.137. The number of nitrogens with zero attached hydrogens (tertiary/aromatic N) is 4. The Hall–Kier alpha value is -2.08. The van der Waals surface area contributed by atoms with Crippen LogP contribution in [0.5, 0.6) is 0 Å². The molecule has 146 valence electrons. The monoisotopic (exact) mass is 370 g/mol. The molecule has 3 fully saturated rings. The molecule has 1 atom stereocenters. The Morgan fingerprint density at radius 3 is 2.22 bits per heavy atom. The van der Waals surface area contributed by atoms with Crippen LogP contribution in [0.1, 0.15) is 26.2 Å². The lowest BCUT2D eigenvalue weighted by Gasteiger charge is -2.35. The molecule has 27 heavy (non-hydrogen) atoms. The fraction of sp³-hybridized carbons (Fsp3) is 0.619. The summed E-state index contributed by atoms with van der Waals surface area (Å²) in [5, 5.41) is 0. The normalized spacial score (nSPS) is 24.1. The van der Waals surface area contributed by atoms with E-state index in [9.17, 15) is 9.59 Å². The van der Waals surface area contributed by atoms with Crippen molar-refractivity contribution in [1.29, 1.82) is 0 Å². The molecule has 0 N–H and O–H groups in total. The van der Waals surface area contributed by atoms with Gasteiger partial charge in [-0.05, 0) is 43.7 Å². The molecule has 0 aliphatic carbocycles. The zero-order valence-electron chi connectivity index (χ0n) is 16.3. The standard InChI is InChI=1S/C21H30N4O2/c1-2-22-11-13-24(14-12-22)21(27)17-15-20(26)25(16-17)19-7-5-18(6-8-19)23-9-3-4-10-23/h5-8,17H,2-4,9-16H2,1H3. The number of piperazine rings is 1. The summed E-state index contributed by atoms with van der Waals surface area (Å²) in [5.41, 5.74) is 2.14. The quantitative estimate of drug-likeness (QED) is 0.811. The van der Waals surface area contributed by atoms with Crippen LogP contribution >= 0.6 is 0 Å². The second-order valence-electron chi connectivity index (χ2n) is 7.88. The molecular weight excluding hydrogens is 340 g/mol. The molecule has 3 heterocycles. The SMILES string of the molecule is CCN1CCN(C(=O)C2CC(=O)N(c3ccc(N4CCCC4)cc3)C2)CC1. The molecule has 1 aromatic rings. The van der Waals surface area contributed by atoms with Gasteiger partial charge in [0.05, 0.1) is 5.92 Å². The van der Waals surface area contributed by atoms with Crippen LogP contribution in [0.15, 0.2) is 24.3 Å². The molecular formula is C21H30N4O2. The van der Waals surface area contributed by atoms with E-state index in [1.165, 1.54) is 18.5 Å². The van der Waals surface area contributed by atoms with Gasteiger partial charge in [0, 0.05) is 63.6 Å². The Balaban J connectivity index is 1.38. The van der Waals surface area contributed by atoms with Crippen LogP contribution in [0.4, 0.5) is 11.4 Å². The first-order valence-electron chi connectivity index (χ1n) is 10.3. The van der Waals surface area contributed by atoms with Crippen LogP contribution < -0.4 is 9.80 Å².